The lowest BCUT2D eigenvalue weighted by atomic mass is 10.0. The molecule has 0 saturated carbocycles. The van der Waals surface area contributed by atoms with Crippen molar-refractivity contribution in [3.8, 4) is 0 Å². The van der Waals surface area contributed by atoms with Crippen molar-refractivity contribution in [2.24, 2.45) is 0 Å². The molecule has 1 aliphatic rings. The van der Waals surface area contributed by atoms with Crippen LogP contribution < -0.4 is 0 Å². The van der Waals surface area contributed by atoms with Gasteiger partial charge in [0.2, 0.25) is 0 Å². The Balaban J connectivity index is 2.75. The molecule has 4 N–H and O–H groups in total. The maximum atomic E-state index is 10.9. The summed E-state index contributed by atoms with van der Waals surface area (Å²) in [6, 6.07) is 0. The highest BCUT2D eigenvalue weighted by Gasteiger charge is 2.43. The molecular weight excluding hydrogens is 228 g/mol. The average Bonchev–Trinajstić information content (AvgIpc) is 2.08. The van der Waals surface area contributed by atoms with Gasteiger partial charge in [-0.25, -0.2) is 8.42 Å². The van der Waals surface area contributed by atoms with Crippen molar-refractivity contribution in [2.45, 2.75) is 30.7 Å². The van der Waals surface area contributed by atoms with E-state index < -0.39 is 46.3 Å². The molecule has 0 radical (unpaired) electrons. The molecule has 0 aromatic heterocycles. The normalized spacial score (nSPS) is 42.9. The van der Waals surface area contributed by atoms with Gasteiger partial charge < -0.3 is 25.2 Å². The molecule has 0 bridgehead atoms. The fourth-order valence-corrected chi connectivity index (χ4v) is 2.24. The van der Waals surface area contributed by atoms with E-state index >= 15 is 0 Å². The zero-order valence-electron chi connectivity index (χ0n) is 8.02. The van der Waals surface area contributed by atoms with Crippen LogP contribution in [0.25, 0.3) is 0 Å². The first-order valence-corrected chi connectivity index (χ1v) is 6.34. The Bertz CT molecular complexity index is 313. The number of hydrogen-bond acceptors (Lipinski definition) is 7. The highest BCUT2D eigenvalue weighted by atomic mass is 32.2. The van der Waals surface area contributed by atoms with E-state index in [-0.39, 0.29) is 0 Å². The summed E-state index contributed by atoms with van der Waals surface area (Å²) < 4.78 is 26.5. The molecule has 0 spiro atoms. The van der Waals surface area contributed by atoms with Crippen LogP contribution in [0.4, 0.5) is 0 Å². The quantitative estimate of drug-likeness (QED) is 0.402. The van der Waals surface area contributed by atoms with Gasteiger partial charge in [0.15, 0.2) is 6.29 Å². The Labute approximate surface area is 86.8 Å². The molecule has 1 aliphatic heterocycles. The summed E-state index contributed by atoms with van der Waals surface area (Å²) in [7, 11) is -3.41. The summed E-state index contributed by atoms with van der Waals surface area (Å²) in [4.78, 5) is 0. The van der Waals surface area contributed by atoms with Gasteiger partial charge in [0.1, 0.15) is 34.3 Å². The molecule has 0 aromatic carbocycles. The van der Waals surface area contributed by atoms with E-state index in [0.717, 1.165) is 6.26 Å². The van der Waals surface area contributed by atoms with Gasteiger partial charge in [-0.05, 0) is 0 Å². The Morgan fingerprint density at radius 2 is 1.60 bits per heavy atom. The van der Waals surface area contributed by atoms with E-state index in [0.29, 0.717) is 0 Å². The van der Waals surface area contributed by atoms with Crippen molar-refractivity contribution in [2.75, 3.05) is 12.0 Å². The van der Waals surface area contributed by atoms with Crippen molar-refractivity contribution < 1.29 is 33.6 Å². The second kappa shape index (κ2) is 4.32. The average molecular weight is 242 g/mol. The Morgan fingerprint density at radius 3 is 2.07 bits per heavy atom. The maximum absolute atomic E-state index is 10.9. The van der Waals surface area contributed by atoms with Crippen LogP contribution in [-0.4, -0.2) is 71.6 Å². The summed E-state index contributed by atoms with van der Waals surface area (Å²) in [6.45, 7) is 0. The predicted molar refractivity (Wildman–Crippen MR) is 48.6 cm³/mol. The van der Waals surface area contributed by atoms with Crippen LogP contribution in [0.5, 0.6) is 0 Å². The number of rotatable bonds is 2. The van der Waals surface area contributed by atoms with Crippen molar-refractivity contribution in [1.82, 2.24) is 0 Å². The molecule has 7 nitrogen and oxygen atoms in total. The minimum absolute atomic E-state index is 0.533. The molecule has 1 saturated heterocycles. The molecule has 0 aliphatic carbocycles. The summed E-state index contributed by atoms with van der Waals surface area (Å²) in [5.41, 5.74) is 0. The summed E-state index contributed by atoms with van der Waals surface area (Å²) in [5.74, 6) is -0.533. The molecule has 8 heteroatoms. The third-order valence-corrected chi connectivity index (χ3v) is 3.09. The zero-order chi connectivity index (χ0) is 11.8. The molecule has 5 atom stereocenters. The van der Waals surface area contributed by atoms with Crippen LogP contribution >= 0.6 is 0 Å². The fourth-order valence-electron chi connectivity index (χ4n) is 1.37. The molecule has 15 heavy (non-hydrogen) atoms. The lowest BCUT2D eigenvalue weighted by molar-refractivity contribution is -0.276. The van der Waals surface area contributed by atoms with Gasteiger partial charge in [-0.1, -0.05) is 0 Å². The van der Waals surface area contributed by atoms with Crippen LogP contribution in [0, 0.1) is 0 Å². The number of aliphatic hydroxyl groups is 4. The minimum Gasteiger partial charge on any atom is -0.388 e. The zero-order valence-corrected chi connectivity index (χ0v) is 8.83. The molecule has 0 amide bonds. The van der Waals surface area contributed by atoms with Gasteiger partial charge in [0, 0.05) is 6.26 Å². The highest BCUT2D eigenvalue weighted by Crippen LogP contribution is 2.20. The van der Waals surface area contributed by atoms with Gasteiger partial charge in [-0.2, -0.15) is 0 Å². The smallest absolute Gasteiger partial charge is 0.183 e. The molecule has 1 unspecified atom stereocenters. The van der Waals surface area contributed by atoms with Crippen molar-refractivity contribution in [3.05, 3.63) is 0 Å². The molecule has 90 valence electrons. The standard InChI is InChI=1S/C7H14O7S/c1-15(12,13)2-3-4(8)5(9)6(10)7(11)14-3/h3-11H,2H2,1H3/t3-,4+,5+,6-,7?/m1/s1. The van der Waals surface area contributed by atoms with Gasteiger partial charge in [0.25, 0.3) is 0 Å². The summed E-state index contributed by atoms with van der Waals surface area (Å²) >= 11 is 0. The van der Waals surface area contributed by atoms with Crippen LogP contribution in [0.2, 0.25) is 0 Å². The van der Waals surface area contributed by atoms with E-state index in [1.54, 1.807) is 0 Å². The second-order valence-corrected chi connectivity index (χ2v) is 5.81. The van der Waals surface area contributed by atoms with Crippen molar-refractivity contribution in [3.63, 3.8) is 0 Å². The SMILES string of the molecule is CS(=O)(=O)C[C@H]1OC(O)[C@H](O)[C@@H](O)[C@H]1O. The highest BCUT2D eigenvalue weighted by molar-refractivity contribution is 7.90. The summed E-state index contributed by atoms with van der Waals surface area (Å²) in [6.07, 6.45) is -6.81. The molecule has 1 heterocycles. The van der Waals surface area contributed by atoms with E-state index in [9.17, 15) is 18.6 Å². The van der Waals surface area contributed by atoms with Gasteiger partial charge in [0.05, 0.1) is 5.75 Å². The van der Waals surface area contributed by atoms with E-state index in [4.69, 9.17) is 10.2 Å². The van der Waals surface area contributed by atoms with Crippen molar-refractivity contribution in [1.29, 1.82) is 0 Å². The number of aliphatic hydroxyl groups excluding tert-OH is 4. The molecule has 1 fully saturated rings. The van der Waals surface area contributed by atoms with Crippen LogP contribution in [0.3, 0.4) is 0 Å². The molecular formula is C7H14O7S. The third kappa shape index (κ3) is 3.10. The number of sulfone groups is 1. The van der Waals surface area contributed by atoms with Gasteiger partial charge >= 0.3 is 0 Å². The van der Waals surface area contributed by atoms with E-state index in [1.165, 1.54) is 0 Å². The first kappa shape index (κ1) is 12.8. The van der Waals surface area contributed by atoms with E-state index in [1.807, 2.05) is 0 Å². The minimum atomic E-state index is -3.41. The summed E-state index contributed by atoms with van der Waals surface area (Å²) in [5, 5.41) is 36.8. The van der Waals surface area contributed by atoms with Crippen LogP contribution in [-0.2, 0) is 14.6 Å². The maximum Gasteiger partial charge on any atom is 0.183 e. The largest absolute Gasteiger partial charge is 0.388 e. The van der Waals surface area contributed by atoms with Crippen LogP contribution in [0.1, 0.15) is 0 Å². The number of hydrogen-bond donors (Lipinski definition) is 4. The lowest BCUT2D eigenvalue weighted by Gasteiger charge is -2.37. The first-order valence-electron chi connectivity index (χ1n) is 4.28. The van der Waals surface area contributed by atoms with E-state index in [2.05, 4.69) is 4.74 Å². The monoisotopic (exact) mass is 242 g/mol. The van der Waals surface area contributed by atoms with Gasteiger partial charge in [-0.15, -0.1) is 0 Å². The Morgan fingerprint density at radius 1 is 1.07 bits per heavy atom. The lowest BCUT2D eigenvalue weighted by Crippen LogP contribution is -2.58. The van der Waals surface area contributed by atoms with Crippen molar-refractivity contribution >= 4 is 9.84 Å². The van der Waals surface area contributed by atoms with Gasteiger partial charge in [-0.3, -0.25) is 0 Å². The second-order valence-electron chi connectivity index (χ2n) is 3.63. The first-order chi connectivity index (χ1) is 6.72. The fraction of sp³-hybridized carbons (Fsp3) is 1.00. The topological polar surface area (TPSA) is 124 Å². The predicted octanol–water partition coefficient (Wildman–Crippen LogP) is -3.17. The third-order valence-electron chi connectivity index (χ3n) is 2.15. The molecule has 1 rings (SSSR count). The Hall–Kier alpha value is -0.250. The van der Waals surface area contributed by atoms with Crippen LogP contribution in [0.15, 0.2) is 0 Å². The molecule has 0 aromatic rings. The Kier molecular flexibility index (Phi) is 3.69. The number of ether oxygens (including phenoxy) is 1.